The largest absolute Gasteiger partial charge is 0.497 e. The number of carbonyl (C=O) groups excluding carboxylic acids is 1. The Labute approximate surface area is 157 Å². The molecule has 6 heteroatoms. The van der Waals surface area contributed by atoms with Crippen LogP contribution in [0.2, 0.25) is 5.02 Å². The SMILES string of the molecule is COc1ccc(/C=C(\C#N)C(=O)Nc2ccc(Cl)cc2)c(OC(C)C)c1. The Morgan fingerprint density at radius 2 is 1.92 bits per heavy atom. The average Bonchev–Trinajstić information content (AvgIpc) is 2.61. The second kappa shape index (κ2) is 8.93. The number of nitrogens with one attached hydrogen (secondary N) is 1. The maximum absolute atomic E-state index is 12.4. The van der Waals surface area contributed by atoms with E-state index in [1.807, 2.05) is 19.9 Å². The van der Waals surface area contributed by atoms with E-state index >= 15 is 0 Å². The molecule has 0 radical (unpaired) electrons. The first-order valence-corrected chi connectivity index (χ1v) is 8.34. The second-order valence-corrected chi connectivity index (χ2v) is 6.14. The number of nitriles is 1. The lowest BCUT2D eigenvalue weighted by atomic mass is 10.1. The van der Waals surface area contributed by atoms with Crippen molar-refractivity contribution in [1.29, 1.82) is 5.26 Å². The van der Waals surface area contributed by atoms with Gasteiger partial charge in [-0.1, -0.05) is 11.6 Å². The van der Waals surface area contributed by atoms with Gasteiger partial charge in [0.15, 0.2) is 0 Å². The number of rotatable bonds is 6. The van der Waals surface area contributed by atoms with Crippen LogP contribution in [0.5, 0.6) is 11.5 Å². The van der Waals surface area contributed by atoms with E-state index in [9.17, 15) is 10.1 Å². The first kappa shape index (κ1) is 19.4. The summed E-state index contributed by atoms with van der Waals surface area (Å²) in [6.45, 7) is 3.79. The van der Waals surface area contributed by atoms with Crippen molar-refractivity contribution >= 4 is 29.3 Å². The third kappa shape index (κ3) is 5.27. The molecule has 2 aromatic carbocycles. The van der Waals surface area contributed by atoms with Gasteiger partial charge in [-0.05, 0) is 56.3 Å². The monoisotopic (exact) mass is 370 g/mol. The van der Waals surface area contributed by atoms with E-state index in [-0.39, 0.29) is 11.7 Å². The maximum atomic E-state index is 12.4. The van der Waals surface area contributed by atoms with Crippen molar-refractivity contribution in [2.24, 2.45) is 0 Å². The predicted molar refractivity (Wildman–Crippen MR) is 102 cm³/mol. The molecule has 0 aliphatic rings. The lowest BCUT2D eigenvalue weighted by Gasteiger charge is -2.14. The lowest BCUT2D eigenvalue weighted by molar-refractivity contribution is -0.112. The lowest BCUT2D eigenvalue weighted by Crippen LogP contribution is -2.13. The highest BCUT2D eigenvalue weighted by Crippen LogP contribution is 2.28. The van der Waals surface area contributed by atoms with E-state index in [1.54, 1.807) is 49.6 Å². The van der Waals surface area contributed by atoms with Gasteiger partial charge in [0.1, 0.15) is 23.1 Å². The van der Waals surface area contributed by atoms with Crippen LogP contribution >= 0.6 is 11.6 Å². The molecule has 0 aromatic heterocycles. The summed E-state index contributed by atoms with van der Waals surface area (Å²) in [5.41, 5.74) is 1.12. The first-order valence-electron chi connectivity index (χ1n) is 7.96. The summed E-state index contributed by atoms with van der Waals surface area (Å²) in [5.74, 6) is 0.648. The van der Waals surface area contributed by atoms with Crippen LogP contribution in [0.15, 0.2) is 48.0 Å². The summed E-state index contributed by atoms with van der Waals surface area (Å²) in [6.07, 6.45) is 1.42. The van der Waals surface area contributed by atoms with E-state index < -0.39 is 5.91 Å². The molecule has 0 saturated carbocycles. The number of ether oxygens (including phenoxy) is 2. The van der Waals surface area contributed by atoms with Crippen molar-refractivity contribution in [2.75, 3.05) is 12.4 Å². The van der Waals surface area contributed by atoms with Crippen LogP contribution < -0.4 is 14.8 Å². The highest BCUT2D eigenvalue weighted by Gasteiger charge is 2.13. The summed E-state index contributed by atoms with van der Waals surface area (Å²) >= 11 is 5.83. The zero-order valence-electron chi connectivity index (χ0n) is 14.7. The van der Waals surface area contributed by atoms with Gasteiger partial charge in [-0.25, -0.2) is 0 Å². The smallest absolute Gasteiger partial charge is 0.266 e. The Kier molecular flexibility index (Phi) is 6.65. The number of amides is 1. The molecule has 26 heavy (non-hydrogen) atoms. The van der Waals surface area contributed by atoms with E-state index in [1.165, 1.54) is 6.08 Å². The predicted octanol–water partition coefficient (Wildman–Crippen LogP) is 4.68. The van der Waals surface area contributed by atoms with Gasteiger partial charge in [0, 0.05) is 22.3 Å². The van der Waals surface area contributed by atoms with Gasteiger partial charge in [-0.15, -0.1) is 0 Å². The van der Waals surface area contributed by atoms with E-state index in [4.69, 9.17) is 21.1 Å². The van der Waals surface area contributed by atoms with E-state index in [2.05, 4.69) is 5.32 Å². The summed E-state index contributed by atoms with van der Waals surface area (Å²) in [4.78, 5) is 12.4. The highest BCUT2D eigenvalue weighted by atomic mass is 35.5. The van der Waals surface area contributed by atoms with E-state index in [0.717, 1.165) is 0 Å². The molecule has 5 nitrogen and oxygen atoms in total. The number of nitrogens with zero attached hydrogens (tertiary/aromatic N) is 1. The fraction of sp³-hybridized carbons (Fsp3) is 0.200. The molecule has 134 valence electrons. The normalized spacial score (nSPS) is 11.0. The molecule has 1 amide bonds. The highest BCUT2D eigenvalue weighted by molar-refractivity contribution is 6.30. The maximum Gasteiger partial charge on any atom is 0.266 e. The van der Waals surface area contributed by atoms with Crippen LogP contribution in [0, 0.1) is 11.3 Å². The number of hydrogen-bond acceptors (Lipinski definition) is 4. The standard InChI is InChI=1S/C20H19ClN2O3/c1-13(2)26-19-11-18(25-3)9-4-14(19)10-15(12-22)20(24)23-17-7-5-16(21)6-8-17/h4-11,13H,1-3H3,(H,23,24)/b15-10+. The van der Waals surface area contributed by atoms with Crippen molar-refractivity contribution in [1.82, 2.24) is 0 Å². The van der Waals surface area contributed by atoms with Crippen LogP contribution in [0.3, 0.4) is 0 Å². The number of halogens is 1. The van der Waals surface area contributed by atoms with E-state index in [0.29, 0.717) is 27.8 Å². The van der Waals surface area contributed by atoms with Gasteiger partial charge in [0.2, 0.25) is 0 Å². The van der Waals surface area contributed by atoms with Crippen LogP contribution in [0.4, 0.5) is 5.69 Å². The zero-order chi connectivity index (χ0) is 19.1. The topological polar surface area (TPSA) is 71.3 Å². The molecule has 0 heterocycles. The van der Waals surface area contributed by atoms with Gasteiger partial charge < -0.3 is 14.8 Å². The Hall–Kier alpha value is -2.97. The number of benzene rings is 2. The molecule has 0 unspecified atom stereocenters. The molecule has 0 aliphatic heterocycles. The summed E-state index contributed by atoms with van der Waals surface area (Å²) in [5, 5.41) is 12.6. The van der Waals surface area contributed by atoms with Gasteiger partial charge in [-0.2, -0.15) is 5.26 Å². The molecule has 0 fully saturated rings. The van der Waals surface area contributed by atoms with Gasteiger partial charge in [-0.3, -0.25) is 4.79 Å². The molecular formula is C20H19ClN2O3. The molecule has 0 bridgehead atoms. The summed E-state index contributed by atoms with van der Waals surface area (Å²) in [7, 11) is 1.56. The Morgan fingerprint density at radius 3 is 2.50 bits per heavy atom. The minimum atomic E-state index is -0.513. The fourth-order valence-corrected chi connectivity index (χ4v) is 2.28. The molecule has 0 atom stereocenters. The van der Waals surface area contributed by atoms with Crippen LogP contribution in [0.1, 0.15) is 19.4 Å². The first-order chi connectivity index (χ1) is 12.4. The van der Waals surface area contributed by atoms with Crippen molar-refractivity contribution in [3.8, 4) is 17.6 Å². The Bertz CT molecular complexity index is 852. The van der Waals surface area contributed by atoms with Crippen LogP contribution in [-0.4, -0.2) is 19.1 Å². The third-order valence-corrected chi connectivity index (χ3v) is 3.60. The number of hydrogen-bond donors (Lipinski definition) is 1. The zero-order valence-corrected chi connectivity index (χ0v) is 15.5. The average molecular weight is 371 g/mol. The van der Waals surface area contributed by atoms with Crippen LogP contribution in [-0.2, 0) is 4.79 Å². The Morgan fingerprint density at radius 1 is 1.23 bits per heavy atom. The van der Waals surface area contributed by atoms with Crippen molar-refractivity contribution < 1.29 is 14.3 Å². The minimum Gasteiger partial charge on any atom is -0.497 e. The molecule has 0 saturated heterocycles. The molecular weight excluding hydrogens is 352 g/mol. The molecule has 2 aromatic rings. The number of carbonyl (C=O) groups is 1. The van der Waals surface area contributed by atoms with Gasteiger partial charge in [0.05, 0.1) is 13.2 Å². The molecule has 2 rings (SSSR count). The van der Waals surface area contributed by atoms with Crippen molar-refractivity contribution in [3.05, 3.63) is 58.6 Å². The third-order valence-electron chi connectivity index (χ3n) is 3.35. The molecule has 0 aliphatic carbocycles. The Balaban J connectivity index is 2.31. The molecule has 0 spiro atoms. The number of anilines is 1. The minimum absolute atomic E-state index is 0.0428. The van der Waals surface area contributed by atoms with Crippen molar-refractivity contribution in [3.63, 3.8) is 0 Å². The summed E-state index contributed by atoms with van der Waals surface area (Å²) in [6, 6.07) is 13.8. The van der Waals surface area contributed by atoms with Crippen LogP contribution in [0.25, 0.3) is 6.08 Å². The molecule has 1 N–H and O–H groups in total. The quantitative estimate of drug-likeness (QED) is 0.592. The van der Waals surface area contributed by atoms with Gasteiger partial charge >= 0.3 is 0 Å². The number of methoxy groups -OCH3 is 1. The van der Waals surface area contributed by atoms with Crippen molar-refractivity contribution in [2.45, 2.75) is 20.0 Å². The van der Waals surface area contributed by atoms with Gasteiger partial charge in [0.25, 0.3) is 5.91 Å². The summed E-state index contributed by atoms with van der Waals surface area (Å²) < 4.78 is 11.0. The second-order valence-electron chi connectivity index (χ2n) is 5.70. The fourth-order valence-electron chi connectivity index (χ4n) is 2.15.